The summed E-state index contributed by atoms with van der Waals surface area (Å²) in [5, 5.41) is 6.39. The van der Waals surface area contributed by atoms with Crippen LogP contribution in [0, 0.1) is 5.41 Å². The average Bonchev–Trinajstić information content (AvgIpc) is 2.57. The van der Waals surface area contributed by atoms with Gasteiger partial charge >= 0.3 is 0 Å². The first kappa shape index (κ1) is 18.4. The minimum atomic E-state index is 0.119. The van der Waals surface area contributed by atoms with Crippen LogP contribution in [0.2, 0.25) is 0 Å². The summed E-state index contributed by atoms with van der Waals surface area (Å²) in [6.45, 7) is 10.2. The van der Waals surface area contributed by atoms with Crippen LogP contribution in [0.3, 0.4) is 0 Å². The maximum atomic E-state index is 5.45. The van der Waals surface area contributed by atoms with Gasteiger partial charge in [-0.15, -0.1) is 0 Å². The summed E-state index contributed by atoms with van der Waals surface area (Å²) in [4.78, 5) is 1.09. The predicted molar refractivity (Wildman–Crippen MR) is 82.7 cm³/mol. The molecule has 0 aromatic rings. The van der Waals surface area contributed by atoms with Crippen LogP contribution >= 0.6 is 27.9 Å². The summed E-state index contributed by atoms with van der Waals surface area (Å²) in [7, 11) is 0. The second kappa shape index (κ2) is 11.5. The maximum Gasteiger partial charge on any atom is 0.0222 e. The SMILES string of the molecule is CC.CC.CC1(CBr)C=CC=C(SN)C=C1. The van der Waals surface area contributed by atoms with Crippen molar-refractivity contribution in [2.24, 2.45) is 10.6 Å². The lowest BCUT2D eigenvalue weighted by atomic mass is 9.93. The fourth-order valence-corrected chi connectivity index (χ4v) is 1.59. The molecule has 0 fully saturated rings. The van der Waals surface area contributed by atoms with Crippen molar-refractivity contribution >= 4 is 27.9 Å². The second-order valence-corrected chi connectivity index (χ2v) is 4.29. The van der Waals surface area contributed by atoms with Crippen LogP contribution < -0.4 is 5.14 Å². The lowest BCUT2D eigenvalue weighted by Gasteiger charge is -2.16. The number of hydrogen-bond acceptors (Lipinski definition) is 2. The Morgan fingerprint density at radius 2 is 1.81 bits per heavy atom. The Labute approximate surface area is 114 Å². The van der Waals surface area contributed by atoms with Gasteiger partial charge in [0.2, 0.25) is 0 Å². The zero-order valence-electron chi connectivity index (χ0n) is 11.0. The van der Waals surface area contributed by atoms with E-state index < -0.39 is 0 Å². The van der Waals surface area contributed by atoms with Gasteiger partial charge in [-0.1, -0.05) is 74.9 Å². The summed E-state index contributed by atoms with van der Waals surface area (Å²) >= 11 is 4.76. The molecule has 0 aliphatic heterocycles. The van der Waals surface area contributed by atoms with Crippen LogP contribution in [0.5, 0.6) is 0 Å². The molecule has 0 heterocycles. The zero-order chi connectivity index (χ0) is 13.0. The topological polar surface area (TPSA) is 26.0 Å². The fourth-order valence-electron chi connectivity index (χ4n) is 0.914. The van der Waals surface area contributed by atoms with Gasteiger partial charge in [0.1, 0.15) is 0 Å². The molecule has 0 spiro atoms. The number of allylic oxidation sites excluding steroid dienone is 5. The third-order valence-corrected chi connectivity index (χ3v) is 3.54. The van der Waals surface area contributed by atoms with Gasteiger partial charge in [0.15, 0.2) is 0 Å². The summed E-state index contributed by atoms with van der Waals surface area (Å²) in [5.41, 5.74) is 0.119. The van der Waals surface area contributed by atoms with Gasteiger partial charge in [-0.2, -0.15) is 0 Å². The molecule has 1 rings (SSSR count). The minimum Gasteiger partial charge on any atom is -0.274 e. The molecule has 2 N–H and O–H groups in total. The predicted octanol–water partition coefficient (Wildman–Crippen LogP) is 5.06. The first-order valence-electron chi connectivity index (χ1n) is 5.72. The highest BCUT2D eigenvalue weighted by Crippen LogP contribution is 2.27. The van der Waals surface area contributed by atoms with Crippen molar-refractivity contribution in [3.8, 4) is 0 Å². The second-order valence-electron chi connectivity index (χ2n) is 3.02. The van der Waals surface area contributed by atoms with E-state index in [2.05, 4.69) is 47.2 Å². The molecule has 1 unspecified atom stereocenters. The van der Waals surface area contributed by atoms with E-state index in [0.29, 0.717) is 0 Å². The summed E-state index contributed by atoms with van der Waals surface area (Å²) in [5.74, 6) is 0. The van der Waals surface area contributed by atoms with Crippen molar-refractivity contribution in [3.63, 3.8) is 0 Å². The summed E-state index contributed by atoms with van der Waals surface area (Å²) in [6.07, 6.45) is 10.5. The molecular formula is C13H24BrNS. The molecule has 0 aromatic heterocycles. The smallest absolute Gasteiger partial charge is 0.0222 e. The molecule has 94 valence electrons. The highest BCUT2D eigenvalue weighted by atomic mass is 79.9. The Morgan fingerprint density at radius 3 is 2.25 bits per heavy atom. The summed E-state index contributed by atoms with van der Waals surface area (Å²) < 4.78 is 0. The van der Waals surface area contributed by atoms with Crippen LogP contribution in [0.25, 0.3) is 0 Å². The Kier molecular flexibility index (Phi) is 13.2. The monoisotopic (exact) mass is 305 g/mol. The normalized spacial score (nSPS) is 22.1. The van der Waals surface area contributed by atoms with Crippen molar-refractivity contribution in [2.75, 3.05) is 5.33 Å². The number of nitrogens with two attached hydrogens (primary N) is 1. The van der Waals surface area contributed by atoms with Gasteiger partial charge < -0.3 is 0 Å². The molecule has 1 aliphatic carbocycles. The van der Waals surface area contributed by atoms with Crippen LogP contribution in [0.1, 0.15) is 34.6 Å². The zero-order valence-corrected chi connectivity index (χ0v) is 13.4. The fraction of sp³-hybridized carbons (Fsp3) is 0.538. The Hall–Kier alpha value is 0.01000. The van der Waals surface area contributed by atoms with E-state index in [9.17, 15) is 0 Å². The number of halogens is 1. The first-order valence-corrected chi connectivity index (χ1v) is 7.72. The van der Waals surface area contributed by atoms with Crippen molar-refractivity contribution in [2.45, 2.75) is 34.6 Å². The molecule has 1 atom stereocenters. The van der Waals surface area contributed by atoms with Crippen LogP contribution in [-0.2, 0) is 0 Å². The van der Waals surface area contributed by atoms with E-state index in [1.54, 1.807) is 0 Å². The lowest BCUT2D eigenvalue weighted by Crippen LogP contribution is -2.10. The number of hydrogen-bond donors (Lipinski definition) is 1. The van der Waals surface area contributed by atoms with Crippen molar-refractivity contribution < 1.29 is 0 Å². The molecule has 1 nitrogen and oxygen atoms in total. The highest BCUT2D eigenvalue weighted by Gasteiger charge is 2.15. The van der Waals surface area contributed by atoms with Crippen molar-refractivity contribution in [1.29, 1.82) is 0 Å². The third kappa shape index (κ3) is 7.31. The lowest BCUT2D eigenvalue weighted by molar-refractivity contribution is 0.646. The quantitative estimate of drug-likeness (QED) is 0.570. The van der Waals surface area contributed by atoms with Crippen LogP contribution in [0.15, 0.2) is 35.3 Å². The van der Waals surface area contributed by atoms with E-state index in [4.69, 9.17) is 5.14 Å². The third-order valence-electron chi connectivity index (χ3n) is 1.79. The Balaban J connectivity index is 0. The highest BCUT2D eigenvalue weighted by molar-refractivity contribution is 9.09. The van der Waals surface area contributed by atoms with Gasteiger partial charge in [0, 0.05) is 15.7 Å². The van der Waals surface area contributed by atoms with Gasteiger partial charge in [0.05, 0.1) is 0 Å². The van der Waals surface area contributed by atoms with E-state index >= 15 is 0 Å². The number of rotatable bonds is 2. The van der Waals surface area contributed by atoms with E-state index in [1.165, 1.54) is 11.9 Å². The van der Waals surface area contributed by atoms with Crippen molar-refractivity contribution in [1.82, 2.24) is 0 Å². The van der Waals surface area contributed by atoms with Gasteiger partial charge in [-0.25, -0.2) is 0 Å². The molecule has 0 amide bonds. The molecule has 0 radical (unpaired) electrons. The van der Waals surface area contributed by atoms with E-state index in [0.717, 1.165) is 10.2 Å². The van der Waals surface area contributed by atoms with Gasteiger partial charge in [0.25, 0.3) is 0 Å². The number of alkyl halides is 1. The standard InChI is InChI=1S/C9H12BrNS.2C2H6/c1-9(7-10)5-2-3-8(12-11)4-6-9;2*1-2/h2-6H,7,11H2,1H3;2*1-2H3. The largest absolute Gasteiger partial charge is 0.274 e. The maximum absolute atomic E-state index is 5.45. The molecule has 16 heavy (non-hydrogen) atoms. The molecule has 3 heteroatoms. The molecule has 0 bridgehead atoms. The molecule has 1 aliphatic rings. The molecule has 0 saturated heterocycles. The molecule has 0 saturated carbocycles. The molecular weight excluding hydrogens is 282 g/mol. The Morgan fingerprint density at radius 1 is 1.25 bits per heavy atom. The van der Waals surface area contributed by atoms with Crippen molar-refractivity contribution in [3.05, 3.63) is 35.3 Å². The molecule has 0 aromatic carbocycles. The minimum absolute atomic E-state index is 0.119. The van der Waals surface area contributed by atoms with E-state index in [1.807, 2.05) is 33.8 Å². The first-order chi connectivity index (χ1) is 7.70. The average molecular weight is 306 g/mol. The van der Waals surface area contributed by atoms with Crippen LogP contribution in [-0.4, -0.2) is 5.33 Å². The van der Waals surface area contributed by atoms with Crippen LogP contribution in [0.4, 0.5) is 0 Å². The van der Waals surface area contributed by atoms with Gasteiger partial charge in [-0.05, 0) is 18.0 Å². The van der Waals surface area contributed by atoms with E-state index in [-0.39, 0.29) is 5.41 Å². The Bertz CT molecular complexity index is 246. The summed E-state index contributed by atoms with van der Waals surface area (Å²) in [6, 6.07) is 0. The van der Waals surface area contributed by atoms with Gasteiger partial charge in [-0.3, -0.25) is 5.14 Å².